The molecule has 0 fully saturated rings. The van der Waals surface area contributed by atoms with E-state index in [0.717, 1.165) is 6.26 Å². The lowest BCUT2D eigenvalue weighted by Gasteiger charge is -2.42. The molecule has 0 amide bonds. The third-order valence-corrected chi connectivity index (χ3v) is 6.30. The zero-order valence-electron chi connectivity index (χ0n) is 13.5. The van der Waals surface area contributed by atoms with Crippen LogP contribution in [0.25, 0.3) is 0 Å². The Balaban J connectivity index is 5.68. The lowest BCUT2D eigenvalue weighted by atomic mass is 10.0. The molecule has 0 heterocycles. The number of primary sulfonamides is 1. The number of sulfone groups is 1. The molecule has 10 heteroatoms. The zero-order chi connectivity index (χ0) is 17.4. The molecule has 6 N–H and O–H groups in total. The predicted octanol–water partition coefficient (Wildman–Crippen LogP) is -1.18. The summed E-state index contributed by atoms with van der Waals surface area (Å²) in [7, 11) is -7.16. The molecule has 0 spiro atoms. The van der Waals surface area contributed by atoms with Crippen molar-refractivity contribution in [3.05, 3.63) is 0 Å². The molecule has 0 aromatic carbocycles. The van der Waals surface area contributed by atoms with E-state index < -0.39 is 24.7 Å². The SMILES string of the molecule is CCCC(CCN)(N(CCCN)CCS(C)(=O)=O)S(N)(=O)=O. The van der Waals surface area contributed by atoms with Gasteiger partial charge in [0.2, 0.25) is 10.0 Å². The average molecular weight is 359 g/mol. The van der Waals surface area contributed by atoms with Crippen molar-refractivity contribution in [1.29, 1.82) is 0 Å². The van der Waals surface area contributed by atoms with Crippen molar-refractivity contribution < 1.29 is 16.8 Å². The molecule has 134 valence electrons. The molecule has 0 bridgehead atoms. The summed E-state index contributed by atoms with van der Waals surface area (Å²) in [5, 5.41) is 5.49. The van der Waals surface area contributed by atoms with Crippen molar-refractivity contribution in [3.63, 3.8) is 0 Å². The van der Waals surface area contributed by atoms with Crippen LogP contribution in [0.2, 0.25) is 0 Å². The van der Waals surface area contributed by atoms with E-state index >= 15 is 0 Å². The Labute approximate surface area is 134 Å². The Morgan fingerprint density at radius 1 is 1.00 bits per heavy atom. The zero-order valence-corrected chi connectivity index (χ0v) is 15.1. The second-order valence-corrected chi connectivity index (χ2v) is 9.65. The Morgan fingerprint density at radius 3 is 1.95 bits per heavy atom. The Hall–Kier alpha value is -0.260. The van der Waals surface area contributed by atoms with E-state index in [-0.39, 0.29) is 25.3 Å². The fourth-order valence-corrected chi connectivity index (χ4v) is 4.58. The number of sulfonamides is 1. The number of hydrogen-bond acceptors (Lipinski definition) is 7. The minimum atomic E-state index is -3.94. The molecule has 0 aliphatic carbocycles. The van der Waals surface area contributed by atoms with Gasteiger partial charge in [-0.1, -0.05) is 13.3 Å². The lowest BCUT2D eigenvalue weighted by Crippen LogP contribution is -2.59. The largest absolute Gasteiger partial charge is 0.330 e. The summed E-state index contributed by atoms with van der Waals surface area (Å²) in [5.41, 5.74) is 11.1. The van der Waals surface area contributed by atoms with Crippen LogP contribution in [-0.2, 0) is 19.9 Å². The van der Waals surface area contributed by atoms with Gasteiger partial charge in [-0.3, -0.25) is 4.90 Å². The fraction of sp³-hybridized carbons (Fsp3) is 1.00. The van der Waals surface area contributed by atoms with Crippen LogP contribution in [0.15, 0.2) is 0 Å². The van der Waals surface area contributed by atoms with E-state index in [4.69, 9.17) is 16.6 Å². The molecule has 0 saturated carbocycles. The summed E-state index contributed by atoms with van der Waals surface area (Å²) >= 11 is 0. The van der Waals surface area contributed by atoms with Crippen LogP contribution in [0.1, 0.15) is 32.6 Å². The van der Waals surface area contributed by atoms with Gasteiger partial charge in [0.05, 0.1) is 5.75 Å². The van der Waals surface area contributed by atoms with Crippen molar-refractivity contribution in [2.45, 2.75) is 37.5 Å². The van der Waals surface area contributed by atoms with Gasteiger partial charge in [0.15, 0.2) is 0 Å². The van der Waals surface area contributed by atoms with E-state index in [1.165, 1.54) is 0 Å². The lowest BCUT2D eigenvalue weighted by molar-refractivity contribution is 0.146. The minimum absolute atomic E-state index is 0.0925. The highest BCUT2D eigenvalue weighted by Gasteiger charge is 2.45. The molecule has 0 aromatic rings. The van der Waals surface area contributed by atoms with Crippen LogP contribution in [0.4, 0.5) is 0 Å². The highest BCUT2D eigenvalue weighted by molar-refractivity contribution is 7.91. The van der Waals surface area contributed by atoms with Gasteiger partial charge < -0.3 is 11.5 Å². The normalized spacial score (nSPS) is 15.9. The standard InChI is InChI=1S/C12H30N4O4S2/c1-3-5-12(6-8-14,22(15,19)20)16(9-4-7-13)10-11-21(2,17)18/h3-11,13-14H2,1-2H3,(H2,15,19,20). The summed E-state index contributed by atoms with van der Waals surface area (Å²) < 4.78 is 47.4. The summed E-state index contributed by atoms with van der Waals surface area (Å²) in [6, 6.07) is 0. The maximum atomic E-state index is 12.3. The maximum Gasteiger partial charge on any atom is 0.228 e. The van der Waals surface area contributed by atoms with Crippen LogP contribution >= 0.6 is 0 Å². The molecular weight excluding hydrogens is 328 g/mol. The van der Waals surface area contributed by atoms with Gasteiger partial charge in [-0.25, -0.2) is 22.0 Å². The second-order valence-electron chi connectivity index (χ2n) is 5.54. The van der Waals surface area contributed by atoms with Crippen LogP contribution in [-0.4, -0.2) is 64.8 Å². The van der Waals surface area contributed by atoms with E-state index in [2.05, 4.69) is 0 Å². The van der Waals surface area contributed by atoms with Gasteiger partial charge >= 0.3 is 0 Å². The first-order valence-corrected chi connectivity index (χ1v) is 11.0. The molecule has 8 nitrogen and oxygen atoms in total. The van der Waals surface area contributed by atoms with E-state index in [0.29, 0.717) is 32.4 Å². The summed E-state index contributed by atoms with van der Waals surface area (Å²) in [6.07, 6.45) is 2.73. The molecule has 1 atom stereocenters. The summed E-state index contributed by atoms with van der Waals surface area (Å²) in [5.74, 6) is -0.136. The van der Waals surface area contributed by atoms with E-state index in [1.54, 1.807) is 4.90 Å². The smallest absolute Gasteiger partial charge is 0.228 e. The highest BCUT2D eigenvalue weighted by atomic mass is 32.2. The van der Waals surface area contributed by atoms with Gasteiger partial charge in [-0.05, 0) is 32.4 Å². The first kappa shape index (κ1) is 21.7. The van der Waals surface area contributed by atoms with Crippen LogP contribution < -0.4 is 16.6 Å². The van der Waals surface area contributed by atoms with Crippen molar-refractivity contribution in [1.82, 2.24) is 4.90 Å². The third kappa shape index (κ3) is 6.47. The maximum absolute atomic E-state index is 12.3. The fourth-order valence-electron chi connectivity index (χ4n) is 2.60. The van der Waals surface area contributed by atoms with Crippen LogP contribution in [0.5, 0.6) is 0 Å². The molecule has 22 heavy (non-hydrogen) atoms. The topological polar surface area (TPSA) is 150 Å². The van der Waals surface area contributed by atoms with E-state index in [9.17, 15) is 16.8 Å². The molecule has 0 aliphatic rings. The van der Waals surface area contributed by atoms with Crippen molar-refractivity contribution in [2.75, 3.05) is 38.2 Å². The highest BCUT2D eigenvalue weighted by Crippen LogP contribution is 2.30. The molecule has 0 saturated heterocycles. The van der Waals surface area contributed by atoms with Crippen LogP contribution in [0.3, 0.4) is 0 Å². The van der Waals surface area contributed by atoms with Gasteiger partial charge in [0.25, 0.3) is 0 Å². The van der Waals surface area contributed by atoms with Gasteiger partial charge in [0, 0.05) is 19.3 Å². The van der Waals surface area contributed by atoms with Gasteiger partial charge in [-0.2, -0.15) is 0 Å². The minimum Gasteiger partial charge on any atom is -0.330 e. The molecular formula is C12H30N4O4S2. The summed E-state index contributed by atoms with van der Waals surface area (Å²) in [4.78, 5) is 0.295. The Bertz CT molecular complexity index is 513. The Kier molecular flexibility index (Phi) is 9.03. The van der Waals surface area contributed by atoms with Crippen molar-refractivity contribution in [3.8, 4) is 0 Å². The van der Waals surface area contributed by atoms with Crippen molar-refractivity contribution in [2.24, 2.45) is 16.6 Å². The third-order valence-electron chi connectivity index (χ3n) is 3.65. The molecule has 0 rings (SSSR count). The van der Waals surface area contributed by atoms with E-state index in [1.807, 2.05) is 6.92 Å². The predicted molar refractivity (Wildman–Crippen MR) is 89.4 cm³/mol. The molecule has 0 radical (unpaired) electrons. The second kappa shape index (κ2) is 9.14. The number of nitrogens with two attached hydrogens (primary N) is 3. The Morgan fingerprint density at radius 2 is 1.59 bits per heavy atom. The van der Waals surface area contributed by atoms with Gasteiger partial charge in [-0.15, -0.1) is 0 Å². The number of nitrogens with zero attached hydrogens (tertiary/aromatic N) is 1. The average Bonchev–Trinajstić information content (AvgIpc) is 2.36. The summed E-state index contributed by atoms with van der Waals surface area (Å²) in [6.45, 7) is 2.84. The monoisotopic (exact) mass is 358 g/mol. The number of hydrogen-bond donors (Lipinski definition) is 3. The molecule has 0 aliphatic heterocycles. The quantitative estimate of drug-likeness (QED) is 0.397. The first-order valence-electron chi connectivity index (χ1n) is 7.39. The van der Waals surface area contributed by atoms with Crippen molar-refractivity contribution >= 4 is 19.9 Å². The molecule has 0 aromatic heterocycles. The number of rotatable bonds is 12. The first-order chi connectivity index (χ1) is 10.0. The van der Waals surface area contributed by atoms with Crippen LogP contribution in [0, 0.1) is 0 Å². The molecule has 1 unspecified atom stereocenters. The van der Waals surface area contributed by atoms with Gasteiger partial charge in [0.1, 0.15) is 14.7 Å².